The van der Waals surface area contributed by atoms with Crippen LogP contribution >= 0.6 is 6.83 Å². The molecule has 1 N–H and O–H groups in total. The van der Waals surface area contributed by atoms with Gasteiger partial charge in [-0.15, -0.1) is 0 Å². The fourth-order valence-corrected chi connectivity index (χ4v) is 8.46. The van der Waals surface area contributed by atoms with Crippen LogP contribution in [0, 0.1) is 0 Å². The third kappa shape index (κ3) is 3.56. The average molecular weight is 396 g/mol. The van der Waals surface area contributed by atoms with Crippen molar-refractivity contribution in [2.45, 2.75) is 0 Å². The standard InChI is InChI=1S/C27H25OP/c28-29(25-17-7-2-8-18-25,26-19-9-3-10-20-26,27-21-11-4-12-22-27)23-13-16-24-14-5-1-6-15-24/h1-22,28H,23H2/b16-13+. The van der Waals surface area contributed by atoms with Gasteiger partial charge < -0.3 is 0 Å². The summed E-state index contributed by atoms with van der Waals surface area (Å²) in [6.07, 6.45) is 4.77. The van der Waals surface area contributed by atoms with Gasteiger partial charge in [-0.1, -0.05) is 0 Å². The van der Waals surface area contributed by atoms with Gasteiger partial charge in [0.15, 0.2) is 0 Å². The van der Waals surface area contributed by atoms with Crippen LogP contribution in [-0.4, -0.2) is 11.1 Å². The summed E-state index contributed by atoms with van der Waals surface area (Å²) in [5.41, 5.74) is 1.13. The van der Waals surface area contributed by atoms with Crippen molar-refractivity contribution >= 4 is 28.8 Å². The molecule has 0 unspecified atom stereocenters. The Hall–Kier alpha value is -2.99. The summed E-state index contributed by atoms with van der Waals surface area (Å²) >= 11 is 0. The molecular formula is C27H25OP. The molecule has 4 aromatic carbocycles. The molecule has 0 saturated heterocycles. The van der Waals surface area contributed by atoms with E-state index in [1.54, 1.807) is 0 Å². The molecule has 29 heavy (non-hydrogen) atoms. The second-order valence-electron chi connectivity index (χ2n) is 7.25. The van der Waals surface area contributed by atoms with Crippen molar-refractivity contribution < 1.29 is 4.89 Å². The van der Waals surface area contributed by atoms with Crippen LogP contribution in [0.2, 0.25) is 0 Å². The van der Waals surface area contributed by atoms with Crippen LogP contribution in [0.15, 0.2) is 127 Å². The van der Waals surface area contributed by atoms with Gasteiger partial charge in [0, 0.05) is 0 Å². The summed E-state index contributed by atoms with van der Waals surface area (Å²) in [6, 6.07) is 40.7. The van der Waals surface area contributed by atoms with E-state index in [2.05, 4.69) is 60.7 Å². The zero-order valence-electron chi connectivity index (χ0n) is 16.3. The monoisotopic (exact) mass is 396 g/mol. The van der Waals surface area contributed by atoms with E-state index in [1.807, 2.05) is 72.8 Å². The Labute approximate surface area is 173 Å². The number of hydrogen-bond donors (Lipinski definition) is 1. The Kier molecular flexibility index (Phi) is 5.45. The minimum absolute atomic E-state index is 0.540. The maximum atomic E-state index is 12.9. The number of hydrogen-bond acceptors (Lipinski definition) is 1. The first-order chi connectivity index (χ1) is 14.2. The van der Waals surface area contributed by atoms with E-state index in [-0.39, 0.29) is 0 Å². The number of benzene rings is 4. The van der Waals surface area contributed by atoms with Crippen LogP contribution in [-0.2, 0) is 0 Å². The van der Waals surface area contributed by atoms with Crippen LogP contribution in [0.3, 0.4) is 0 Å². The van der Waals surface area contributed by atoms with Gasteiger partial charge in [-0.25, -0.2) is 0 Å². The third-order valence-electron chi connectivity index (χ3n) is 5.51. The maximum absolute atomic E-state index is 12.9. The molecule has 4 rings (SSSR count). The normalized spacial score (nSPS) is 13.1. The summed E-state index contributed by atoms with van der Waals surface area (Å²) in [5.74, 6) is 0. The second-order valence-corrected chi connectivity index (χ2v) is 11.7. The molecule has 2 heteroatoms. The molecule has 0 aliphatic heterocycles. The summed E-state index contributed by atoms with van der Waals surface area (Å²) in [6.45, 7) is -3.68. The Balaban J connectivity index is 1.95. The van der Waals surface area contributed by atoms with E-state index in [1.165, 1.54) is 0 Å². The van der Waals surface area contributed by atoms with E-state index < -0.39 is 6.83 Å². The Morgan fingerprint density at radius 1 is 0.517 bits per heavy atom. The van der Waals surface area contributed by atoms with Gasteiger partial charge >= 0.3 is 173 Å². The van der Waals surface area contributed by atoms with Crippen molar-refractivity contribution in [3.8, 4) is 0 Å². The Morgan fingerprint density at radius 3 is 1.24 bits per heavy atom. The first kappa shape index (κ1) is 19.3. The van der Waals surface area contributed by atoms with Gasteiger partial charge in [0.2, 0.25) is 0 Å². The van der Waals surface area contributed by atoms with Crippen molar-refractivity contribution in [1.29, 1.82) is 0 Å². The molecule has 0 amide bonds. The topological polar surface area (TPSA) is 20.2 Å². The van der Waals surface area contributed by atoms with Crippen LogP contribution < -0.4 is 15.9 Å². The van der Waals surface area contributed by atoms with E-state index in [4.69, 9.17) is 0 Å². The van der Waals surface area contributed by atoms with E-state index >= 15 is 0 Å². The third-order valence-corrected chi connectivity index (χ3v) is 10.7. The van der Waals surface area contributed by atoms with Crippen LogP contribution in [0.1, 0.15) is 5.56 Å². The van der Waals surface area contributed by atoms with Gasteiger partial charge in [0.1, 0.15) is 0 Å². The molecule has 0 aliphatic rings. The number of rotatable bonds is 6. The zero-order valence-corrected chi connectivity index (χ0v) is 17.2. The van der Waals surface area contributed by atoms with Crippen LogP contribution in [0.5, 0.6) is 0 Å². The Bertz CT molecular complexity index is 975. The van der Waals surface area contributed by atoms with Crippen LogP contribution in [0.25, 0.3) is 6.08 Å². The van der Waals surface area contributed by atoms with Crippen molar-refractivity contribution in [3.63, 3.8) is 0 Å². The predicted octanol–water partition coefficient (Wildman–Crippen LogP) is 5.14. The Morgan fingerprint density at radius 2 is 0.862 bits per heavy atom. The molecule has 0 aliphatic carbocycles. The van der Waals surface area contributed by atoms with E-state index in [0.717, 1.165) is 21.5 Å². The summed E-state index contributed by atoms with van der Waals surface area (Å²) < 4.78 is 0. The quantitative estimate of drug-likeness (QED) is 0.448. The molecule has 0 fully saturated rings. The number of allylic oxidation sites excluding steroid dienone is 1. The molecular weight excluding hydrogens is 371 g/mol. The van der Waals surface area contributed by atoms with Crippen molar-refractivity contribution in [3.05, 3.63) is 133 Å². The second kappa shape index (κ2) is 8.17. The fourth-order valence-electron chi connectivity index (χ4n) is 3.97. The van der Waals surface area contributed by atoms with Gasteiger partial charge in [0.05, 0.1) is 0 Å². The molecule has 0 bridgehead atoms. The predicted molar refractivity (Wildman–Crippen MR) is 128 cm³/mol. The first-order valence-corrected chi connectivity index (χ1v) is 12.2. The summed E-state index contributed by atoms with van der Waals surface area (Å²) in [7, 11) is 0. The minimum atomic E-state index is -3.68. The van der Waals surface area contributed by atoms with Gasteiger partial charge in [-0.3, -0.25) is 0 Å². The molecule has 0 spiro atoms. The zero-order chi connectivity index (χ0) is 20.0. The van der Waals surface area contributed by atoms with Gasteiger partial charge in [0.25, 0.3) is 0 Å². The molecule has 144 valence electrons. The fraction of sp³-hybridized carbons (Fsp3) is 0.0370. The average Bonchev–Trinajstić information content (AvgIpc) is 2.81. The molecule has 0 radical (unpaired) electrons. The molecule has 0 aromatic heterocycles. The molecule has 0 atom stereocenters. The van der Waals surface area contributed by atoms with Crippen molar-refractivity contribution in [2.24, 2.45) is 0 Å². The van der Waals surface area contributed by atoms with E-state index in [0.29, 0.717) is 6.16 Å². The first-order valence-electron chi connectivity index (χ1n) is 9.86. The van der Waals surface area contributed by atoms with Crippen LogP contribution in [0.4, 0.5) is 0 Å². The van der Waals surface area contributed by atoms with Gasteiger partial charge in [-0.2, -0.15) is 0 Å². The molecule has 1 nitrogen and oxygen atoms in total. The van der Waals surface area contributed by atoms with Gasteiger partial charge in [-0.05, 0) is 0 Å². The van der Waals surface area contributed by atoms with E-state index in [9.17, 15) is 4.89 Å². The SMILES string of the molecule is OP(C/C=C/c1ccccc1)(c1ccccc1)(c1ccccc1)c1ccccc1. The summed E-state index contributed by atoms with van der Waals surface area (Å²) in [5, 5.41) is 2.94. The summed E-state index contributed by atoms with van der Waals surface area (Å²) in [4.78, 5) is 12.9. The van der Waals surface area contributed by atoms with Crippen molar-refractivity contribution in [1.82, 2.24) is 0 Å². The molecule has 4 aromatic rings. The molecule has 0 heterocycles. The van der Waals surface area contributed by atoms with Crippen molar-refractivity contribution in [2.75, 3.05) is 6.16 Å². The molecule has 0 saturated carbocycles.